The summed E-state index contributed by atoms with van der Waals surface area (Å²) in [6, 6.07) is 4.57. The van der Waals surface area contributed by atoms with E-state index in [1.54, 1.807) is 6.07 Å². The zero-order valence-corrected chi connectivity index (χ0v) is 15.6. The fourth-order valence-corrected chi connectivity index (χ4v) is 2.94. The number of amides is 2. The third-order valence-electron chi connectivity index (χ3n) is 3.22. The lowest BCUT2D eigenvalue weighted by molar-refractivity contribution is 0.0841. The van der Waals surface area contributed by atoms with Crippen LogP contribution in [-0.4, -0.2) is 29.1 Å². The highest BCUT2D eigenvalue weighted by Crippen LogP contribution is 2.25. The normalized spacial score (nSPS) is 10.6. The molecule has 0 aliphatic heterocycles. The minimum atomic E-state index is -0.550. The van der Waals surface area contributed by atoms with Crippen LogP contribution in [0.15, 0.2) is 22.7 Å². The average molecular weight is 416 g/mol. The van der Waals surface area contributed by atoms with E-state index in [1.165, 1.54) is 19.2 Å². The predicted molar refractivity (Wildman–Crippen MR) is 93.3 cm³/mol. The van der Waals surface area contributed by atoms with E-state index in [0.717, 1.165) is 5.69 Å². The van der Waals surface area contributed by atoms with Crippen LogP contribution in [0.25, 0.3) is 0 Å². The van der Waals surface area contributed by atoms with E-state index in [4.69, 9.17) is 16.3 Å². The molecule has 1 aromatic carbocycles. The standard InChI is InChI=1S/C15H16BrClN4O3/c1-7(2)12-11(16)13(19-18-12)15(23)21-20-14(22)9-5-4-8(17)6-10(9)24-3/h4-7H,1-3H3,(H,18,19)(H,20,22)(H,21,23). The number of hydrogen-bond donors (Lipinski definition) is 3. The number of nitrogens with zero attached hydrogens (tertiary/aromatic N) is 1. The average Bonchev–Trinajstić information content (AvgIpc) is 2.93. The Hall–Kier alpha value is -2.06. The Bertz CT molecular complexity index is 776. The lowest BCUT2D eigenvalue weighted by Crippen LogP contribution is -2.42. The highest BCUT2D eigenvalue weighted by atomic mass is 79.9. The van der Waals surface area contributed by atoms with Gasteiger partial charge in [-0.3, -0.25) is 25.5 Å². The number of benzene rings is 1. The van der Waals surface area contributed by atoms with Crippen molar-refractivity contribution in [3.8, 4) is 5.75 Å². The van der Waals surface area contributed by atoms with Gasteiger partial charge in [0.1, 0.15) is 5.75 Å². The van der Waals surface area contributed by atoms with Crippen molar-refractivity contribution in [2.24, 2.45) is 0 Å². The fourth-order valence-electron chi connectivity index (χ4n) is 1.97. The molecule has 2 amide bonds. The van der Waals surface area contributed by atoms with Crippen LogP contribution in [0.2, 0.25) is 5.02 Å². The van der Waals surface area contributed by atoms with Gasteiger partial charge in [0.25, 0.3) is 11.8 Å². The van der Waals surface area contributed by atoms with Crippen LogP contribution in [0.4, 0.5) is 0 Å². The maximum atomic E-state index is 12.2. The van der Waals surface area contributed by atoms with E-state index >= 15 is 0 Å². The number of methoxy groups -OCH3 is 1. The summed E-state index contributed by atoms with van der Waals surface area (Å²) in [4.78, 5) is 24.3. The van der Waals surface area contributed by atoms with Gasteiger partial charge in [-0.25, -0.2) is 0 Å². The Morgan fingerprint density at radius 1 is 1.29 bits per heavy atom. The van der Waals surface area contributed by atoms with Crippen LogP contribution in [0.3, 0.4) is 0 Å². The van der Waals surface area contributed by atoms with Crippen LogP contribution in [0.5, 0.6) is 5.75 Å². The van der Waals surface area contributed by atoms with Crippen molar-refractivity contribution in [3.05, 3.63) is 44.6 Å². The molecule has 2 rings (SSSR count). The highest BCUT2D eigenvalue weighted by molar-refractivity contribution is 9.10. The van der Waals surface area contributed by atoms with Gasteiger partial charge >= 0.3 is 0 Å². The first kappa shape index (κ1) is 18.3. The SMILES string of the molecule is COc1cc(Cl)ccc1C(=O)NNC(=O)c1n[nH]c(C(C)C)c1Br. The number of nitrogens with one attached hydrogen (secondary N) is 3. The van der Waals surface area contributed by atoms with Gasteiger partial charge < -0.3 is 4.74 Å². The molecule has 0 saturated heterocycles. The molecule has 0 unspecified atom stereocenters. The van der Waals surface area contributed by atoms with Crippen molar-refractivity contribution >= 4 is 39.3 Å². The number of halogens is 2. The van der Waals surface area contributed by atoms with Crippen LogP contribution < -0.4 is 15.6 Å². The molecular weight excluding hydrogens is 400 g/mol. The number of hydrogen-bond acceptors (Lipinski definition) is 4. The third-order valence-corrected chi connectivity index (χ3v) is 4.26. The molecule has 0 spiro atoms. The number of H-pyrrole nitrogens is 1. The van der Waals surface area contributed by atoms with Gasteiger partial charge in [0.15, 0.2) is 5.69 Å². The quantitative estimate of drug-likeness (QED) is 0.669. The predicted octanol–water partition coefficient (Wildman–Crippen LogP) is 3.03. The summed E-state index contributed by atoms with van der Waals surface area (Å²) in [5.74, 6) is -0.613. The van der Waals surface area contributed by atoms with E-state index in [9.17, 15) is 9.59 Å². The van der Waals surface area contributed by atoms with Gasteiger partial charge in [0.2, 0.25) is 0 Å². The maximum Gasteiger partial charge on any atom is 0.291 e. The van der Waals surface area contributed by atoms with E-state index in [-0.39, 0.29) is 17.2 Å². The third kappa shape index (κ3) is 3.88. The molecule has 1 heterocycles. The molecule has 0 atom stereocenters. The molecule has 0 bridgehead atoms. The summed E-state index contributed by atoms with van der Waals surface area (Å²) in [5, 5.41) is 7.19. The maximum absolute atomic E-state index is 12.2. The van der Waals surface area contributed by atoms with Crippen LogP contribution in [0, 0.1) is 0 Å². The fraction of sp³-hybridized carbons (Fsp3) is 0.267. The van der Waals surface area contributed by atoms with Crippen molar-refractivity contribution in [3.63, 3.8) is 0 Å². The molecule has 2 aromatic rings. The molecule has 7 nitrogen and oxygen atoms in total. The highest BCUT2D eigenvalue weighted by Gasteiger charge is 2.20. The van der Waals surface area contributed by atoms with Gasteiger partial charge in [-0.2, -0.15) is 5.10 Å². The summed E-state index contributed by atoms with van der Waals surface area (Å²) >= 11 is 9.19. The van der Waals surface area contributed by atoms with Gasteiger partial charge in [-0.05, 0) is 40.0 Å². The number of aromatic amines is 1. The van der Waals surface area contributed by atoms with E-state index in [2.05, 4.69) is 37.0 Å². The molecule has 0 aliphatic rings. The first-order valence-corrected chi connectivity index (χ1v) is 8.20. The largest absolute Gasteiger partial charge is 0.496 e. The molecule has 0 aliphatic carbocycles. The topological polar surface area (TPSA) is 96.1 Å². The molecule has 0 saturated carbocycles. The number of ether oxygens (including phenoxy) is 1. The first-order chi connectivity index (χ1) is 11.3. The summed E-state index contributed by atoms with van der Waals surface area (Å²) in [6.07, 6.45) is 0. The molecule has 3 N–H and O–H groups in total. The second-order valence-corrected chi connectivity index (χ2v) is 6.44. The minimum Gasteiger partial charge on any atom is -0.496 e. The number of rotatable bonds is 4. The molecule has 128 valence electrons. The van der Waals surface area contributed by atoms with Gasteiger partial charge in [-0.15, -0.1) is 0 Å². The molecule has 0 radical (unpaired) electrons. The smallest absolute Gasteiger partial charge is 0.291 e. The number of carbonyl (C=O) groups excluding carboxylic acids is 2. The van der Waals surface area contributed by atoms with E-state index in [1.807, 2.05) is 13.8 Å². The second-order valence-electron chi connectivity index (χ2n) is 5.21. The van der Waals surface area contributed by atoms with Crippen molar-refractivity contribution < 1.29 is 14.3 Å². The lowest BCUT2D eigenvalue weighted by atomic mass is 10.1. The zero-order chi connectivity index (χ0) is 17.9. The van der Waals surface area contributed by atoms with Gasteiger partial charge in [0.05, 0.1) is 22.8 Å². The Morgan fingerprint density at radius 2 is 1.96 bits per heavy atom. The second kappa shape index (κ2) is 7.67. The Balaban J connectivity index is 2.08. The summed E-state index contributed by atoms with van der Waals surface area (Å²) < 4.78 is 5.67. The molecule has 9 heteroatoms. The van der Waals surface area contributed by atoms with Crippen molar-refractivity contribution in [2.45, 2.75) is 19.8 Å². The van der Waals surface area contributed by atoms with Crippen molar-refractivity contribution in [1.82, 2.24) is 21.0 Å². The lowest BCUT2D eigenvalue weighted by Gasteiger charge is -2.10. The van der Waals surface area contributed by atoms with E-state index in [0.29, 0.717) is 15.2 Å². The number of hydrazine groups is 1. The number of carbonyl (C=O) groups is 2. The minimum absolute atomic E-state index is 0.155. The summed E-state index contributed by atoms with van der Waals surface area (Å²) in [7, 11) is 1.43. The van der Waals surface area contributed by atoms with Crippen molar-refractivity contribution in [2.75, 3.05) is 7.11 Å². The molecule has 24 heavy (non-hydrogen) atoms. The molecule has 0 fully saturated rings. The van der Waals surface area contributed by atoms with Crippen molar-refractivity contribution in [1.29, 1.82) is 0 Å². The number of aromatic nitrogens is 2. The Morgan fingerprint density at radius 3 is 2.54 bits per heavy atom. The first-order valence-electron chi connectivity index (χ1n) is 7.03. The van der Waals surface area contributed by atoms with E-state index < -0.39 is 11.8 Å². The van der Waals surface area contributed by atoms with Crippen LogP contribution >= 0.6 is 27.5 Å². The van der Waals surface area contributed by atoms with Gasteiger partial charge in [-0.1, -0.05) is 25.4 Å². The van der Waals surface area contributed by atoms with Gasteiger partial charge in [0, 0.05) is 5.02 Å². The molecular formula is C15H16BrClN4O3. The van der Waals surface area contributed by atoms with Crippen LogP contribution in [0.1, 0.15) is 46.3 Å². The zero-order valence-electron chi connectivity index (χ0n) is 13.2. The Labute approximate surface area is 152 Å². The summed E-state index contributed by atoms with van der Waals surface area (Å²) in [5.41, 5.74) is 5.83. The monoisotopic (exact) mass is 414 g/mol. The summed E-state index contributed by atoms with van der Waals surface area (Å²) in [6.45, 7) is 3.93. The molecule has 1 aromatic heterocycles. The Kier molecular flexibility index (Phi) is 5.84. The van der Waals surface area contributed by atoms with Crippen LogP contribution in [-0.2, 0) is 0 Å².